The molecule has 0 saturated carbocycles. The van der Waals surface area contributed by atoms with Gasteiger partial charge in [-0.05, 0) is 71.6 Å². The Balaban J connectivity index is 1.23. The number of pyridine rings is 1. The number of sulfonamides is 1. The lowest BCUT2D eigenvalue weighted by atomic mass is 9.94. The smallest absolute Gasteiger partial charge is 0.326 e. The SMILES string of the molecule is CCOCc1cc(OC)c(-c2ccc(C[C@H](NC(=O)c3c(F)cc(NS(=O)(=O)c4ccc(-c5ccnc(F)c5)cc4)cc3F)C(=O)O)c3c2cnn3C)c(OC)c1. The molecule has 0 aliphatic carbocycles. The van der Waals surface area contributed by atoms with Crippen molar-refractivity contribution in [2.75, 3.05) is 25.5 Å². The summed E-state index contributed by atoms with van der Waals surface area (Å²) in [6.45, 7) is 2.73. The quantitative estimate of drug-likeness (QED) is 0.0974. The summed E-state index contributed by atoms with van der Waals surface area (Å²) in [7, 11) is 0.318. The highest BCUT2D eigenvalue weighted by Crippen LogP contribution is 2.43. The van der Waals surface area contributed by atoms with Gasteiger partial charge in [0.15, 0.2) is 0 Å². The number of halogens is 3. The molecule has 4 aromatic carbocycles. The molecule has 57 heavy (non-hydrogen) atoms. The Morgan fingerprint density at radius 1 is 0.912 bits per heavy atom. The first kappa shape index (κ1) is 40.2. The number of nitrogens with one attached hydrogen (secondary N) is 2. The van der Waals surface area contributed by atoms with Crippen LogP contribution in [0.25, 0.3) is 33.2 Å². The van der Waals surface area contributed by atoms with Crippen molar-refractivity contribution in [3.8, 4) is 33.8 Å². The number of anilines is 1. The second kappa shape index (κ2) is 16.7. The number of aryl methyl sites for hydroxylation is 1. The highest BCUT2D eigenvalue weighted by Gasteiger charge is 2.28. The largest absolute Gasteiger partial charge is 0.496 e. The van der Waals surface area contributed by atoms with E-state index in [4.69, 9.17) is 14.2 Å². The van der Waals surface area contributed by atoms with Crippen LogP contribution in [-0.2, 0) is 39.6 Å². The number of nitrogens with zero attached hydrogens (tertiary/aromatic N) is 3. The Kier molecular flexibility index (Phi) is 11.8. The minimum absolute atomic E-state index is 0.267. The van der Waals surface area contributed by atoms with Crippen LogP contribution >= 0.6 is 0 Å². The molecule has 13 nitrogen and oxygen atoms in total. The summed E-state index contributed by atoms with van der Waals surface area (Å²) in [4.78, 5) is 28.9. The second-order valence-corrected chi connectivity index (χ2v) is 14.4. The number of carbonyl (C=O) groups excluding carboxylic acids is 1. The first-order valence-electron chi connectivity index (χ1n) is 17.3. The van der Waals surface area contributed by atoms with Crippen LogP contribution in [0.5, 0.6) is 11.5 Å². The van der Waals surface area contributed by atoms with Crippen molar-refractivity contribution >= 4 is 38.5 Å². The average molecular weight is 804 g/mol. The average Bonchev–Trinajstić information content (AvgIpc) is 3.57. The Morgan fingerprint density at radius 3 is 2.18 bits per heavy atom. The van der Waals surface area contributed by atoms with Crippen LogP contribution in [0, 0.1) is 17.6 Å². The number of benzene rings is 4. The molecule has 0 saturated heterocycles. The van der Waals surface area contributed by atoms with Crippen LogP contribution < -0.4 is 19.5 Å². The van der Waals surface area contributed by atoms with E-state index < -0.39 is 56.8 Å². The van der Waals surface area contributed by atoms with E-state index in [-0.39, 0.29) is 11.3 Å². The molecular formula is C40H36F3N5O8S. The van der Waals surface area contributed by atoms with Gasteiger partial charge in [-0.1, -0.05) is 24.3 Å². The van der Waals surface area contributed by atoms with Crippen molar-refractivity contribution in [2.24, 2.45) is 7.05 Å². The fraction of sp³-hybridized carbons (Fsp3) is 0.200. The summed E-state index contributed by atoms with van der Waals surface area (Å²) in [5.74, 6) is -5.49. The van der Waals surface area contributed by atoms with Gasteiger partial charge in [0.25, 0.3) is 15.9 Å². The van der Waals surface area contributed by atoms with Crippen LogP contribution in [0.2, 0.25) is 0 Å². The first-order chi connectivity index (χ1) is 27.2. The van der Waals surface area contributed by atoms with Crippen molar-refractivity contribution < 1.29 is 50.5 Å². The first-order valence-corrected chi connectivity index (χ1v) is 18.8. The number of carboxylic acids is 1. The van der Waals surface area contributed by atoms with Crippen molar-refractivity contribution in [2.45, 2.75) is 30.9 Å². The third-order valence-corrected chi connectivity index (χ3v) is 10.5. The molecule has 2 aromatic heterocycles. The maximum atomic E-state index is 15.4. The zero-order valence-electron chi connectivity index (χ0n) is 31.0. The van der Waals surface area contributed by atoms with E-state index in [1.165, 1.54) is 61.5 Å². The number of amides is 1. The van der Waals surface area contributed by atoms with Crippen LogP contribution in [-0.4, -0.2) is 67.0 Å². The minimum Gasteiger partial charge on any atom is -0.496 e. The normalized spacial score (nSPS) is 12.0. The Morgan fingerprint density at radius 2 is 1.58 bits per heavy atom. The van der Waals surface area contributed by atoms with Gasteiger partial charge in [-0.3, -0.25) is 14.2 Å². The topological polar surface area (TPSA) is 171 Å². The fourth-order valence-electron chi connectivity index (χ4n) is 6.41. The summed E-state index contributed by atoms with van der Waals surface area (Å²) in [6.07, 6.45) is 2.54. The number of carboxylic acid groups (broad SMARTS) is 1. The van der Waals surface area contributed by atoms with Crippen molar-refractivity contribution in [1.82, 2.24) is 20.1 Å². The molecule has 1 atom stereocenters. The number of hydrogen-bond acceptors (Lipinski definition) is 9. The monoisotopic (exact) mass is 803 g/mol. The van der Waals surface area contributed by atoms with Gasteiger partial charge in [-0.25, -0.2) is 27.0 Å². The van der Waals surface area contributed by atoms with Crippen LogP contribution in [0.15, 0.2) is 90.1 Å². The predicted molar refractivity (Wildman–Crippen MR) is 204 cm³/mol. The molecule has 0 fully saturated rings. The van der Waals surface area contributed by atoms with Crippen LogP contribution in [0.4, 0.5) is 18.9 Å². The Labute approximate surface area is 325 Å². The maximum absolute atomic E-state index is 15.4. The summed E-state index contributed by atoms with van der Waals surface area (Å²) in [5, 5.41) is 17.3. The van der Waals surface area contributed by atoms with Gasteiger partial charge in [0.2, 0.25) is 5.95 Å². The van der Waals surface area contributed by atoms with Gasteiger partial charge < -0.3 is 24.6 Å². The molecule has 3 N–H and O–H groups in total. The van der Waals surface area contributed by atoms with Gasteiger partial charge in [0.1, 0.15) is 34.7 Å². The molecule has 0 spiro atoms. The number of fused-ring (bicyclic) bond motifs is 1. The molecule has 6 rings (SSSR count). The standard InChI is InChI=1S/C40H36F3N5O8S/c1-5-56-21-22-14-33(54-3)36(34(15-22)55-4)28-11-8-25(38-29(28)20-45-48(38)2)16-32(40(50)51)46-39(49)37-30(41)18-26(19-31(37)42)47-57(52,53)27-9-6-23(7-10-27)24-12-13-44-35(43)17-24/h6-15,17-20,32,47H,5,16,21H2,1-4H3,(H,46,49)(H,50,51)/t32-/m0/s1. The molecule has 0 aliphatic rings. The molecule has 1 amide bonds. The molecule has 296 valence electrons. The van der Waals surface area contributed by atoms with Crippen LogP contribution in [0.1, 0.15) is 28.4 Å². The highest BCUT2D eigenvalue weighted by molar-refractivity contribution is 7.92. The van der Waals surface area contributed by atoms with Crippen molar-refractivity contribution in [1.29, 1.82) is 0 Å². The van der Waals surface area contributed by atoms with E-state index in [1.807, 2.05) is 19.1 Å². The lowest BCUT2D eigenvalue weighted by molar-refractivity contribution is -0.139. The zero-order chi connectivity index (χ0) is 41.0. The van der Waals surface area contributed by atoms with Gasteiger partial charge in [0, 0.05) is 43.3 Å². The van der Waals surface area contributed by atoms with E-state index >= 15 is 8.78 Å². The van der Waals surface area contributed by atoms with E-state index in [0.29, 0.717) is 75.6 Å². The second-order valence-electron chi connectivity index (χ2n) is 12.7. The third kappa shape index (κ3) is 8.53. The van der Waals surface area contributed by atoms with E-state index in [2.05, 4.69) is 20.1 Å². The van der Waals surface area contributed by atoms with E-state index in [9.17, 15) is 27.5 Å². The highest BCUT2D eigenvalue weighted by atomic mass is 32.2. The van der Waals surface area contributed by atoms with Gasteiger partial charge >= 0.3 is 5.97 Å². The van der Waals surface area contributed by atoms with Crippen molar-refractivity contribution in [3.05, 3.63) is 119 Å². The number of ether oxygens (including phenoxy) is 3. The molecule has 0 aliphatic heterocycles. The van der Waals surface area contributed by atoms with Gasteiger partial charge in [-0.2, -0.15) is 9.49 Å². The minimum atomic E-state index is -4.38. The molecule has 17 heteroatoms. The fourth-order valence-corrected chi connectivity index (χ4v) is 7.45. The summed E-state index contributed by atoms with van der Waals surface area (Å²) >= 11 is 0. The maximum Gasteiger partial charge on any atom is 0.326 e. The van der Waals surface area contributed by atoms with E-state index in [1.54, 1.807) is 25.4 Å². The van der Waals surface area contributed by atoms with Gasteiger partial charge in [-0.15, -0.1) is 0 Å². The number of aromatic nitrogens is 3. The lowest BCUT2D eigenvalue weighted by Gasteiger charge is -2.19. The lowest BCUT2D eigenvalue weighted by Crippen LogP contribution is -2.43. The summed E-state index contributed by atoms with van der Waals surface area (Å²) in [6, 6.07) is 14.6. The number of hydrogen-bond donors (Lipinski definition) is 3. The molecule has 0 bridgehead atoms. The molecule has 2 heterocycles. The van der Waals surface area contributed by atoms with Gasteiger partial charge in [0.05, 0.1) is 48.7 Å². The molecule has 0 radical (unpaired) electrons. The summed E-state index contributed by atoms with van der Waals surface area (Å²) in [5.41, 5.74) is 2.34. The third-order valence-electron chi connectivity index (χ3n) is 9.07. The predicted octanol–water partition coefficient (Wildman–Crippen LogP) is 6.50. The molecular weight excluding hydrogens is 768 g/mol. The Bertz CT molecular complexity index is 2550. The molecule has 6 aromatic rings. The number of methoxy groups -OCH3 is 2. The summed E-state index contributed by atoms with van der Waals surface area (Å²) < 4.78 is 91.0. The van der Waals surface area contributed by atoms with Crippen LogP contribution in [0.3, 0.4) is 0 Å². The number of aliphatic carboxylic acids is 1. The Hall–Kier alpha value is -6.46. The number of carbonyl (C=O) groups is 2. The van der Waals surface area contributed by atoms with E-state index in [0.717, 1.165) is 5.56 Å². The van der Waals surface area contributed by atoms with Crippen molar-refractivity contribution in [3.63, 3.8) is 0 Å². The zero-order valence-corrected chi connectivity index (χ0v) is 31.8. The molecule has 0 unspecified atom stereocenters. The number of rotatable bonds is 15.